The fourth-order valence-electron chi connectivity index (χ4n) is 1.53. The van der Waals surface area contributed by atoms with Gasteiger partial charge >= 0.3 is 0 Å². The number of thioether (sulfide) groups is 1. The number of hydrogen-bond acceptors (Lipinski definition) is 1. The summed E-state index contributed by atoms with van der Waals surface area (Å²) in [5.41, 5.74) is 2.22. The standard InChI is InChI=1S/C14H11BrClFS/c15-13-7-12(17)6-5-10(13)8-18-9-11-3-1-2-4-14(11)16/h1-7H,8-9H2. The minimum Gasteiger partial charge on any atom is -0.207 e. The van der Waals surface area contributed by atoms with E-state index in [-0.39, 0.29) is 5.82 Å². The summed E-state index contributed by atoms with van der Waals surface area (Å²) in [5.74, 6) is 1.46. The second-order valence-corrected chi connectivity index (χ2v) is 6.07. The Morgan fingerprint density at radius 1 is 1.06 bits per heavy atom. The molecule has 0 saturated heterocycles. The summed E-state index contributed by atoms with van der Waals surface area (Å²) in [5, 5.41) is 0.795. The Kier molecular flexibility index (Phi) is 5.10. The summed E-state index contributed by atoms with van der Waals surface area (Å²) in [6.07, 6.45) is 0. The number of rotatable bonds is 4. The number of hydrogen-bond donors (Lipinski definition) is 0. The van der Waals surface area contributed by atoms with E-state index in [0.29, 0.717) is 0 Å². The lowest BCUT2D eigenvalue weighted by molar-refractivity contribution is 0.626. The highest BCUT2D eigenvalue weighted by atomic mass is 79.9. The van der Waals surface area contributed by atoms with Crippen LogP contribution in [0.2, 0.25) is 5.02 Å². The molecule has 0 heterocycles. The highest BCUT2D eigenvalue weighted by molar-refractivity contribution is 9.10. The Labute approximate surface area is 124 Å². The summed E-state index contributed by atoms with van der Waals surface area (Å²) in [6.45, 7) is 0. The van der Waals surface area contributed by atoms with Gasteiger partial charge in [-0.3, -0.25) is 0 Å². The van der Waals surface area contributed by atoms with Gasteiger partial charge in [0, 0.05) is 21.0 Å². The minimum absolute atomic E-state index is 0.221. The van der Waals surface area contributed by atoms with Gasteiger partial charge in [-0.05, 0) is 29.3 Å². The van der Waals surface area contributed by atoms with Crippen molar-refractivity contribution in [1.82, 2.24) is 0 Å². The Morgan fingerprint density at radius 3 is 2.50 bits per heavy atom. The molecule has 0 atom stereocenters. The first-order chi connectivity index (χ1) is 8.66. The molecule has 0 N–H and O–H groups in total. The van der Waals surface area contributed by atoms with Gasteiger partial charge in [-0.1, -0.05) is 51.8 Å². The third kappa shape index (κ3) is 3.74. The van der Waals surface area contributed by atoms with E-state index in [1.807, 2.05) is 24.3 Å². The molecule has 0 amide bonds. The van der Waals surface area contributed by atoms with Crippen molar-refractivity contribution in [3.8, 4) is 0 Å². The fraction of sp³-hybridized carbons (Fsp3) is 0.143. The largest absolute Gasteiger partial charge is 0.207 e. The molecule has 2 aromatic rings. The van der Waals surface area contributed by atoms with Gasteiger partial charge in [0.1, 0.15) is 5.82 Å². The Balaban J connectivity index is 1.95. The van der Waals surface area contributed by atoms with Crippen molar-refractivity contribution in [3.63, 3.8) is 0 Å². The quantitative estimate of drug-likeness (QED) is 0.687. The van der Waals surface area contributed by atoms with Gasteiger partial charge in [-0.2, -0.15) is 11.8 Å². The van der Waals surface area contributed by atoms with Crippen LogP contribution in [0.4, 0.5) is 4.39 Å². The van der Waals surface area contributed by atoms with Gasteiger partial charge in [0.2, 0.25) is 0 Å². The zero-order valence-corrected chi connectivity index (χ0v) is 12.7. The molecule has 4 heteroatoms. The van der Waals surface area contributed by atoms with Crippen LogP contribution in [-0.4, -0.2) is 0 Å². The Hall–Kier alpha value is -0.510. The molecular formula is C14H11BrClFS. The molecule has 0 saturated carbocycles. The zero-order chi connectivity index (χ0) is 13.0. The molecule has 0 spiro atoms. The van der Waals surface area contributed by atoms with Crippen molar-refractivity contribution in [3.05, 3.63) is 68.9 Å². The predicted molar refractivity (Wildman–Crippen MR) is 80.6 cm³/mol. The van der Waals surface area contributed by atoms with E-state index in [2.05, 4.69) is 15.9 Å². The van der Waals surface area contributed by atoms with Gasteiger partial charge in [0.05, 0.1) is 0 Å². The van der Waals surface area contributed by atoms with Crippen LogP contribution in [0, 0.1) is 5.82 Å². The van der Waals surface area contributed by atoms with E-state index in [9.17, 15) is 4.39 Å². The van der Waals surface area contributed by atoms with E-state index in [0.717, 1.165) is 32.1 Å². The molecular weight excluding hydrogens is 335 g/mol. The van der Waals surface area contributed by atoms with Gasteiger partial charge in [0.25, 0.3) is 0 Å². The highest BCUT2D eigenvalue weighted by Crippen LogP contribution is 2.26. The van der Waals surface area contributed by atoms with Crippen LogP contribution in [0.15, 0.2) is 46.9 Å². The van der Waals surface area contributed by atoms with Gasteiger partial charge < -0.3 is 0 Å². The number of benzene rings is 2. The van der Waals surface area contributed by atoms with Gasteiger partial charge in [0.15, 0.2) is 0 Å². The van der Waals surface area contributed by atoms with E-state index >= 15 is 0 Å². The molecule has 0 aliphatic heterocycles. The maximum absolute atomic E-state index is 12.9. The normalized spacial score (nSPS) is 10.6. The van der Waals surface area contributed by atoms with Crippen LogP contribution in [-0.2, 0) is 11.5 Å². The van der Waals surface area contributed by atoms with Crippen LogP contribution in [0.25, 0.3) is 0 Å². The average molecular weight is 346 g/mol. The molecule has 0 fully saturated rings. The monoisotopic (exact) mass is 344 g/mol. The fourth-order valence-corrected chi connectivity index (χ4v) is 3.53. The lowest BCUT2D eigenvalue weighted by atomic mass is 10.2. The van der Waals surface area contributed by atoms with E-state index in [1.165, 1.54) is 12.1 Å². The number of halogens is 3. The van der Waals surface area contributed by atoms with Crippen molar-refractivity contribution in [2.45, 2.75) is 11.5 Å². The molecule has 2 rings (SSSR count). The SMILES string of the molecule is Fc1ccc(CSCc2ccccc2Cl)c(Br)c1. The van der Waals surface area contributed by atoms with Gasteiger partial charge in [-0.15, -0.1) is 0 Å². The first-order valence-corrected chi connectivity index (χ1v) is 7.74. The zero-order valence-electron chi connectivity index (χ0n) is 9.50. The summed E-state index contributed by atoms with van der Waals surface area (Å²) in [4.78, 5) is 0. The lowest BCUT2D eigenvalue weighted by Crippen LogP contribution is -1.87. The predicted octanol–water partition coefficient (Wildman–Crippen LogP) is 5.68. The van der Waals surface area contributed by atoms with Crippen molar-refractivity contribution in [2.24, 2.45) is 0 Å². The summed E-state index contributed by atoms with van der Waals surface area (Å²) in [7, 11) is 0. The van der Waals surface area contributed by atoms with Crippen molar-refractivity contribution in [1.29, 1.82) is 0 Å². The third-order valence-electron chi connectivity index (χ3n) is 2.49. The average Bonchev–Trinajstić information content (AvgIpc) is 2.34. The third-order valence-corrected chi connectivity index (χ3v) is 4.63. The molecule has 0 aliphatic rings. The highest BCUT2D eigenvalue weighted by Gasteiger charge is 2.03. The van der Waals surface area contributed by atoms with Crippen molar-refractivity contribution >= 4 is 39.3 Å². The topological polar surface area (TPSA) is 0 Å². The second-order valence-electron chi connectivity index (χ2n) is 3.82. The smallest absolute Gasteiger partial charge is 0.124 e. The van der Waals surface area contributed by atoms with E-state index in [4.69, 9.17) is 11.6 Å². The molecule has 0 unspecified atom stereocenters. The van der Waals surface area contributed by atoms with Gasteiger partial charge in [-0.25, -0.2) is 4.39 Å². The molecule has 0 bridgehead atoms. The van der Waals surface area contributed by atoms with Crippen LogP contribution in [0.5, 0.6) is 0 Å². The van der Waals surface area contributed by atoms with Crippen molar-refractivity contribution < 1.29 is 4.39 Å². The van der Waals surface area contributed by atoms with Crippen LogP contribution >= 0.6 is 39.3 Å². The summed E-state index contributed by atoms with van der Waals surface area (Å²) < 4.78 is 13.7. The van der Waals surface area contributed by atoms with Crippen LogP contribution in [0.3, 0.4) is 0 Å². The Morgan fingerprint density at radius 2 is 1.78 bits per heavy atom. The van der Waals surface area contributed by atoms with Crippen LogP contribution < -0.4 is 0 Å². The molecule has 0 aromatic heterocycles. The first kappa shape index (κ1) is 13.9. The molecule has 94 valence electrons. The molecule has 2 aromatic carbocycles. The van der Waals surface area contributed by atoms with E-state index < -0.39 is 0 Å². The summed E-state index contributed by atoms with van der Waals surface area (Å²) >= 11 is 11.2. The molecule has 0 nitrogen and oxygen atoms in total. The maximum atomic E-state index is 12.9. The van der Waals surface area contributed by atoms with Crippen molar-refractivity contribution in [2.75, 3.05) is 0 Å². The molecule has 0 aliphatic carbocycles. The molecule has 0 radical (unpaired) electrons. The summed E-state index contributed by atoms with van der Waals surface area (Å²) in [6, 6.07) is 12.6. The van der Waals surface area contributed by atoms with E-state index in [1.54, 1.807) is 17.8 Å². The maximum Gasteiger partial charge on any atom is 0.124 e. The second kappa shape index (κ2) is 6.60. The molecule has 18 heavy (non-hydrogen) atoms. The Bertz CT molecular complexity index is 545. The first-order valence-electron chi connectivity index (χ1n) is 5.42. The lowest BCUT2D eigenvalue weighted by Gasteiger charge is -2.06. The minimum atomic E-state index is -0.221. The van der Waals surface area contributed by atoms with Crippen LogP contribution in [0.1, 0.15) is 11.1 Å².